The van der Waals surface area contributed by atoms with E-state index in [1.165, 1.54) is 11.8 Å². The Labute approximate surface area is 192 Å². The molecule has 1 aromatic heterocycles. The fraction of sp³-hybridized carbons (Fsp3) is 0.130. The summed E-state index contributed by atoms with van der Waals surface area (Å²) in [6.45, 7) is 0.309. The highest BCUT2D eigenvalue weighted by Gasteiger charge is 2.39. The van der Waals surface area contributed by atoms with Crippen LogP contribution in [0.4, 0.5) is 11.4 Å². The Morgan fingerprint density at radius 2 is 1.81 bits per heavy atom. The highest BCUT2D eigenvalue weighted by molar-refractivity contribution is 9.10. The molecular weight excluding hydrogens is 476 g/mol. The van der Waals surface area contributed by atoms with Gasteiger partial charge >= 0.3 is 0 Å². The fourth-order valence-electron chi connectivity index (χ4n) is 3.05. The third-order valence-corrected chi connectivity index (χ3v) is 6.25. The minimum absolute atomic E-state index is 0.0616. The van der Waals surface area contributed by atoms with Crippen molar-refractivity contribution in [1.82, 2.24) is 9.88 Å². The molecule has 6 nitrogen and oxygen atoms in total. The van der Waals surface area contributed by atoms with Crippen LogP contribution in [0.3, 0.4) is 0 Å². The van der Waals surface area contributed by atoms with E-state index in [1.54, 1.807) is 23.2 Å². The number of carbonyl (C=O) groups excluding carboxylic acids is 2. The van der Waals surface area contributed by atoms with Crippen LogP contribution < -0.4 is 5.32 Å². The van der Waals surface area contributed by atoms with Crippen molar-refractivity contribution in [1.29, 1.82) is 0 Å². The van der Waals surface area contributed by atoms with Crippen LogP contribution in [0, 0.1) is 0 Å². The maximum Gasteiger partial charge on any atom is 0.243 e. The molecule has 2 aromatic carbocycles. The number of benzene rings is 2. The second kappa shape index (κ2) is 9.89. The molecule has 156 valence electrons. The first-order valence-electron chi connectivity index (χ1n) is 9.65. The van der Waals surface area contributed by atoms with Crippen molar-refractivity contribution in [3.63, 3.8) is 0 Å². The molecule has 0 aliphatic carbocycles. The molecule has 0 radical (unpaired) electrons. The SMILES string of the molecule is O=C(C[C@H]1SC(=Nc2ccccc2)N(Cc2ccccn2)C1=O)Nc1ccc(Br)cc1. The molecule has 0 saturated carbocycles. The zero-order valence-corrected chi connectivity index (χ0v) is 18.8. The first-order chi connectivity index (χ1) is 15.1. The van der Waals surface area contributed by atoms with Gasteiger partial charge in [-0.25, -0.2) is 4.99 Å². The quantitative estimate of drug-likeness (QED) is 0.522. The molecule has 0 bridgehead atoms. The third kappa shape index (κ3) is 5.59. The van der Waals surface area contributed by atoms with Crippen molar-refractivity contribution in [2.24, 2.45) is 4.99 Å². The molecule has 1 aliphatic rings. The second-order valence-corrected chi connectivity index (χ2v) is 8.93. The Kier molecular flexibility index (Phi) is 6.79. The van der Waals surface area contributed by atoms with E-state index in [0.717, 1.165) is 15.9 Å². The van der Waals surface area contributed by atoms with Crippen LogP contribution in [-0.2, 0) is 16.1 Å². The van der Waals surface area contributed by atoms with Gasteiger partial charge in [-0.2, -0.15) is 0 Å². The van der Waals surface area contributed by atoms with Crippen molar-refractivity contribution < 1.29 is 9.59 Å². The van der Waals surface area contributed by atoms with E-state index in [-0.39, 0.29) is 18.2 Å². The minimum atomic E-state index is -0.540. The van der Waals surface area contributed by atoms with Gasteiger partial charge in [-0.3, -0.25) is 19.5 Å². The maximum absolute atomic E-state index is 13.2. The number of amides is 2. The van der Waals surface area contributed by atoms with Gasteiger partial charge in [0.05, 0.1) is 17.9 Å². The van der Waals surface area contributed by atoms with Gasteiger partial charge in [0.25, 0.3) is 0 Å². The summed E-state index contributed by atoms with van der Waals surface area (Å²) in [5, 5.41) is 2.88. The van der Waals surface area contributed by atoms with Crippen LogP contribution >= 0.6 is 27.7 Å². The first kappa shape index (κ1) is 21.3. The summed E-state index contributed by atoms with van der Waals surface area (Å²) < 4.78 is 0.930. The Hall–Kier alpha value is -2.97. The smallest absolute Gasteiger partial charge is 0.243 e. The van der Waals surface area contributed by atoms with E-state index >= 15 is 0 Å². The van der Waals surface area contributed by atoms with E-state index in [0.29, 0.717) is 17.4 Å². The molecule has 1 saturated heterocycles. The molecule has 2 heterocycles. The molecule has 3 aromatic rings. The first-order valence-corrected chi connectivity index (χ1v) is 11.3. The topological polar surface area (TPSA) is 74.7 Å². The summed E-state index contributed by atoms with van der Waals surface area (Å²) in [7, 11) is 0. The molecule has 8 heteroatoms. The molecule has 1 aliphatic heterocycles. The number of hydrogen-bond donors (Lipinski definition) is 1. The third-order valence-electron chi connectivity index (χ3n) is 4.55. The Morgan fingerprint density at radius 1 is 1.06 bits per heavy atom. The van der Waals surface area contributed by atoms with Gasteiger partial charge in [-0.05, 0) is 48.5 Å². The van der Waals surface area contributed by atoms with Gasteiger partial charge in [0.2, 0.25) is 11.8 Å². The molecule has 4 rings (SSSR count). The predicted octanol–water partition coefficient (Wildman–Crippen LogP) is 5.00. The molecule has 0 spiro atoms. The Balaban J connectivity index is 1.52. The number of halogens is 1. The number of nitrogens with one attached hydrogen (secondary N) is 1. The maximum atomic E-state index is 13.2. The summed E-state index contributed by atoms with van der Waals surface area (Å²) in [4.78, 5) is 36.3. The number of aromatic nitrogens is 1. The van der Waals surface area contributed by atoms with Gasteiger partial charge in [0, 0.05) is 22.8 Å². The standard InChI is InChI=1S/C23H19BrN4O2S/c24-16-9-11-18(12-10-16)26-21(29)14-20-22(30)28(15-19-8-4-5-13-25-19)23(31-20)27-17-6-2-1-3-7-17/h1-13,20H,14-15H2,(H,26,29)/t20-/m1/s1. The van der Waals surface area contributed by atoms with Crippen molar-refractivity contribution in [3.8, 4) is 0 Å². The van der Waals surface area contributed by atoms with Crippen LogP contribution in [0.15, 0.2) is 88.5 Å². The Bertz CT molecular complexity index is 1090. The summed E-state index contributed by atoms with van der Waals surface area (Å²) in [6, 6.07) is 22.4. The lowest BCUT2D eigenvalue weighted by Gasteiger charge is -2.16. The van der Waals surface area contributed by atoms with E-state index in [4.69, 9.17) is 0 Å². The molecule has 1 atom stereocenters. The predicted molar refractivity (Wildman–Crippen MR) is 127 cm³/mol. The van der Waals surface area contributed by atoms with Gasteiger partial charge in [-0.15, -0.1) is 0 Å². The zero-order chi connectivity index (χ0) is 21.6. The average Bonchev–Trinajstić information content (AvgIpc) is 3.05. The van der Waals surface area contributed by atoms with Crippen molar-refractivity contribution in [3.05, 3.63) is 89.2 Å². The fourth-order valence-corrected chi connectivity index (χ4v) is 4.47. The summed E-state index contributed by atoms with van der Waals surface area (Å²) in [5.74, 6) is -0.358. The Morgan fingerprint density at radius 3 is 2.52 bits per heavy atom. The normalized spacial score (nSPS) is 17.2. The van der Waals surface area contributed by atoms with Crippen LogP contribution in [0.5, 0.6) is 0 Å². The second-order valence-electron chi connectivity index (χ2n) is 6.84. The van der Waals surface area contributed by atoms with Crippen LogP contribution in [0.2, 0.25) is 0 Å². The largest absolute Gasteiger partial charge is 0.326 e. The average molecular weight is 495 g/mol. The summed E-state index contributed by atoms with van der Waals surface area (Å²) >= 11 is 4.69. The lowest BCUT2D eigenvalue weighted by molar-refractivity contribution is -0.128. The van der Waals surface area contributed by atoms with Crippen molar-refractivity contribution >= 4 is 56.0 Å². The number of anilines is 1. The molecule has 31 heavy (non-hydrogen) atoms. The molecular formula is C23H19BrN4O2S. The zero-order valence-electron chi connectivity index (χ0n) is 16.4. The van der Waals surface area contributed by atoms with Crippen LogP contribution in [-0.4, -0.2) is 32.1 Å². The van der Waals surface area contributed by atoms with Gasteiger partial charge < -0.3 is 5.32 Å². The number of pyridine rings is 1. The number of thioether (sulfide) groups is 1. The van der Waals surface area contributed by atoms with Crippen molar-refractivity contribution in [2.75, 3.05) is 5.32 Å². The van der Waals surface area contributed by atoms with E-state index < -0.39 is 5.25 Å². The van der Waals surface area contributed by atoms with Crippen LogP contribution in [0.25, 0.3) is 0 Å². The highest BCUT2D eigenvalue weighted by Crippen LogP contribution is 2.33. The molecule has 1 fully saturated rings. The minimum Gasteiger partial charge on any atom is -0.326 e. The van der Waals surface area contributed by atoms with E-state index in [1.807, 2.05) is 60.7 Å². The number of carbonyl (C=O) groups is 2. The van der Waals surface area contributed by atoms with Gasteiger partial charge in [0.15, 0.2) is 5.17 Å². The lowest BCUT2D eigenvalue weighted by atomic mass is 10.2. The number of para-hydroxylation sites is 1. The van der Waals surface area contributed by atoms with Gasteiger partial charge in [0.1, 0.15) is 5.25 Å². The van der Waals surface area contributed by atoms with Gasteiger partial charge in [-0.1, -0.05) is 52.0 Å². The highest BCUT2D eigenvalue weighted by atomic mass is 79.9. The molecule has 1 N–H and O–H groups in total. The summed E-state index contributed by atoms with van der Waals surface area (Å²) in [5.41, 5.74) is 2.20. The van der Waals surface area contributed by atoms with Crippen LogP contribution in [0.1, 0.15) is 12.1 Å². The monoisotopic (exact) mass is 494 g/mol. The van der Waals surface area contributed by atoms with Crippen molar-refractivity contribution in [2.45, 2.75) is 18.2 Å². The number of aliphatic imine (C=N–C) groups is 1. The number of hydrogen-bond acceptors (Lipinski definition) is 5. The summed E-state index contributed by atoms with van der Waals surface area (Å²) in [6.07, 6.45) is 1.76. The number of rotatable bonds is 6. The van der Waals surface area contributed by atoms with E-state index in [9.17, 15) is 9.59 Å². The lowest BCUT2D eigenvalue weighted by Crippen LogP contribution is -2.33. The van der Waals surface area contributed by atoms with E-state index in [2.05, 4.69) is 31.2 Å². The number of amidine groups is 1. The number of nitrogens with zero attached hydrogens (tertiary/aromatic N) is 3. The molecule has 0 unspecified atom stereocenters. The molecule has 2 amide bonds.